The highest BCUT2D eigenvalue weighted by Gasteiger charge is 2.32. The Morgan fingerprint density at radius 2 is 2.04 bits per heavy atom. The van der Waals surface area contributed by atoms with Crippen molar-refractivity contribution < 1.29 is 14.3 Å². The van der Waals surface area contributed by atoms with Gasteiger partial charge in [0.15, 0.2) is 0 Å². The number of hydrogen-bond donors (Lipinski definition) is 1. The van der Waals surface area contributed by atoms with Gasteiger partial charge in [0, 0.05) is 19.1 Å². The van der Waals surface area contributed by atoms with Crippen LogP contribution in [0, 0.1) is 11.8 Å². The zero-order chi connectivity index (χ0) is 17.0. The number of morpholine rings is 1. The molecule has 1 aliphatic carbocycles. The van der Waals surface area contributed by atoms with Gasteiger partial charge in [-0.2, -0.15) is 0 Å². The van der Waals surface area contributed by atoms with Crippen molar-refractivity contribution >= 4 is 6.09 Å². The molecule has 1 aliphatic heterocycles. The van der Waals surface area contributed by atoms with Crippen LogP contribution in [0.3, 0.4) is 0 Å². The zero-order valence-corrected chi connectivity index (χ0v) is 15.4. The molecule has 4 atom stereocenters. The van der Waals surface area contributed by atoms with Crippen LogP contribution in [-0.2, 0) is 9.47 Å². The smallest absolute Gasteiger partial charge is 0.410 e. The second-order valence-corrected chi connectivity index (χ2v) is 8.31. The standard InChI is InChI=1S/C18H34N2O3/c1-13-6-7-14(2)16(10-13)19-11-15-12-22-9-8-20(15)17(21)23-18(3,4)5/h13-16,19H,6-12H2,1-5H3. The van der Waals surface area contributed by atoms with Crippen LogP contribution in [0.5, 0.6) is 0 Å². The van der Waals surface area contributed by atoms with Crippen LogP contribution in [0.15, 0.2) is 0 Å². The summed E-state index contributed by atoms with van der Waals surface area (Å²) in [6, 6.07) is 0.601. The van der Waals surface area contributed by atoms with Crippen LogP contribution in [0.4, 0.5) is 4.79 Å². The fourth-order valence-corrected chi connectivity index (χ4v) is 3.49. The summed E-state index contributed by atoms with van der Waals surface area (Å²) in [7, 11) is 0. The number of amides is 1. The molecule has 2 aliphatic rings. The van der Waals surface area contributed by atoms with Crippen molar-refractivity contribution in [3.63, 3.8) is 0 Å². The SMILES string of the molecule is CC1CCC(C)C(NCC2COCCN2C(=O)OC(C)(C)C)C1. The first-order chi connectivity index (χ1) is 10.8. The van der Waals surface area contributed by atoms with E-state index in [2.05, 4.69) is 19.2 Å². The Morgan fingerprint density at radius 1 is 1.30 bits per heavy atom. The maximum atomic E-state index is 12.4. The van der Waals surface area contributed by atoms with Crippen molar-refractivity contribution in [2.45, 2.75) is 71.6 Å². The first-order valence-corrected chi connectivity index (χ1v) is 9.07. The third kappa shape index (κ3) is 5.64. The predicted molar refractivity (Wildman–Crippen MR) is 91.5 cm³/mol. The Bertz CT molecular complexity index is 394. The van der Waals surface area contributed by atoms with Crippen LogP contribution in [0.2, 0.25) is 0 Å². The van der Waals surface area contributed by atoms with E-state index >= 15 is 0 Å². The molecule has 0 aromatic heterocycles. The number of ether oxygens (including phenoxy) is 2. The minimum atomic E-state index is -0.458. The Labute approximate surface area is 141 Å². The summed E-state index contributed by atoms with van der Waals surface area (Å²) in [5.74, 6) is 1.49. The second-order valence-electron chi connectivity index (χ2n) is 8.31. The Hall–Kier alpha value is -0.810. The van der Waals surface area contributed by atoms with Gasteiger partial charge in [-0.25, -0.2) is 4.79 Å². The van der Waals surface area contributed by atoms with Crippen molar-refractivity contribution in [3.8, 4) is 0 Å². The van der Waals surface area contributed by atoms with Crippen molar-refractivity contribution in [3.05, 3.63) is 0 Å². The number of nitrogens with zero attached hydrogens (tertiary/aromatic N) is 1. The minimum absolute atomic E-state index is 0.0584. The fraction of sp³-hybridized carbons (Fsp3) is 0.944. The molecule has 0 aromatic rings. The molecule has 2 fully saturated rings. The molecule has 0 radical (unpaired) electrons. The first kappa shape index (κ1) is 18.5. The lowest BCUT2D eigenvalue weighted by atomic mass is 9.80. The minimum Gasteiger partial charge on any atom is -0.444 e. The fourth-order valence-electron chi connectivity index (χ4n) is 3.49. The van der Waals surface area contributed by atoms with E-state index in [-0.39, 0.29) is 12.1 Å². The van der Waals surface area contributed by atoms with Gasteiger partial charge in [-0.1, -0.05) is 20.3 Å². The van der Waals surface area contributed by atoms with E-state index in [1.807, 2.05) is 25.7 Å². The molecule has 0 aromatic carbocycles. The number of carbonyl (C=O) groups excluding carboxylic acids is 1. The quantitative estimate of drug-likeness (QED) is 0.866. The van der Waals surface area contributed by atoms with Crippen LogP contribution < -0.4 is 5.32 Å². The van der Waals surface area contributed by atoms with Gasteiger partial charge in [0.25, 0.3) is 0 Å². The van der Waals surface area contributed by atoms with E-state index in [0.717, 1.165) is 12.5 Å². The summed E-state index contributed by atoms with van der Waals surface area (Å²) in [6.07, 6.45) is 3.62. The summed E-state index contributed by atoms with van der Waals surface area (Å²) in [4.78, 5) is 14.2. The highest BCUT2D eigenvalue weighted by Crippen LogP contribution is 2.28. The van der Waals surface area contributed by atoms with Gasteiger partial charge < -0.3 is 14.8 Å². The van der Waals surface area contributed by atoms with E-state index in [4.69, 9.17) is 9.47 Å². The predicted octanol–water partition coefficient (Wildman–Crippen LogP) is 3.04. The first-order valence-electron chi connectivity index (χ1n) is 9.07. The van der Waals surface area contributed by atoms with Crippen molar-refractivity contribution in [1.82, 2.24) is 10.2 Å². The summed E-state index contributed by atoms with van der Waals surface area (Å²) in [5.41, 5.74) is -0.458. The third-order valence-corrected chi connectivity index (χ3v) is 4.93. The topological polar surface area (TPSA) is 50.8 Å². The van der Waals surface area contributed by atoms with E-state index in [9.17, 15) is 4.79 Å². The van der Waals surface area contributed by atoms with Gasteiger partial charge >= 0.3 is 6.09 Å². The van der Waals surface area contributed by atoms with Crippen molar-refractivity contribution in [2.24, 2.45) is 11.8 Å². The Morgan fingerprint density at radius 3 is 2.74 bits per heavy atom. The lowest BCUT2D eigenvalue weighted by Crippen LogP contribution is -2.55. The molecule has 4 unspecified atom stereocenters. The molecule has 0 bridgehead atoms. The van der Waals surface area contributed by atoms with E-state index < -0.39 is 5.60 Å². The molecule has 1 amide bonds. The van der Waals surface area contributed by atoms with Gasteiger partial charge in [-0.05, 0) is 45.4 Å². The van der Waals surface area contributed by atoms with Crippen molar-refractivity contribution in [1.29, 1.82) is 0 Å². The van der Waals surface area contributed by atoms with Gasteiger partial charge in [0.1, 0.15) is 5.60 Å². The second kappa shape index (κ2) is 7.84. The highest BCUT2D eigenvalue weighted by molar-refractivity contribution is 5.68. The Kier molecular flexibility index (Phi) is 6.32. The van der Waals surface area contributed by atoms with Crippen LogP contribution >= 0.6 is 0 Å². The maximum Gasteiger partial charge on any atom is 0.410 e. The molecule has 1 N–H and O–H groups in total. The van der Waals surface area contributed by atoms with Gasteiger partial charge in [-0.3, -0.25) is 4.90 Å². The lowest BCUT2D eigenvalue weighted by Gasteiger charge is -2.39. The van der Waals surface area contributed by atoms with Crippen LogP contribution in [-0.4, -0.2) is 55.0 Å². The molecule has 5 nitrogen and oxygen atoms in total. The number of carbonyl (C=O) groups is 1. The summed E-state index contributed by atoms with van der Waals surface area (Å²) in [5, 5.41) is 3.69. The number of rotatable bonds is 3. The highest BCUT2D eigenvalue weighted by atomic mass is 16.6. The summed E-state index contributed by atoms with van der Waals surface area (Å²) in [6.45, 7) is 12.9. The zero-order valence-electron chi connectivity index (χ0n) is 15.4. The largest absolute Gasteiger partial charge is 0.444 e. The van der Waals surface area contributed by atoms with Gasteiger partial charge in [0.2, 0.25) is 0 Å². The Balaban J connectivity index is 1.89. The van der Waals surface area contributed by atoms with E-state index in [1.54, 1.807) is 0 Å². The molecular weight excluding hydrogens is 292 g/mol. The summed E-state index contributed by atoms with van der Waals surface area (Å²) >= 11 is 0. The molecule has 2 rings (SSSR count). The van der Waals surface area contributed by atoms with E-state index in [0.29, 0.717) is 31.7 Å². The summed E-state index contributed by atoms with van der Waals surface area (Å²) < 4.78 is 11.1. The van der Waals surface area contributed by atoms with Crippen LogP contribution in [0.25, 0.3) is 0 Å². The van der Waals surface area contributed by atoms with Gasteiger partial charge in [0.05, 0.1) is 19.3 Å². The molecule has 5 heteroatoms. The monoisotopic (exact) mass is 326 g/mol. The van der Waals surface area contributed by atoms with Gasteiger partial charge in [-0.15, -0.1) is 0 Å². The molecule has 1 saturated heterocycles. The molecule has 134 valence electrons. The maximum absolute atomic E-state index is 12.4. The average Bonchev–Trinajstić information content (AvgIpc) is 2.47. The molecule has 1 heterocycles. The molecule has 23 heavy (non-hydrogen) atoms. The third-order valence-electron chi connectivity index (χ3n) is 4.93. The van der Waals surface area contributed by atoms with Crippen molar-refractivity contribution in [2.75, 3.05) is 26.3 Å². The molecular formula is C18H34N2O3. The number of hydrogen-bond acceptors (Lipinski definition) is 4. The van der Waals surface area contributed by atoms with E-state index in [1.165, 1.54) is 19.3 Å². The normalized spacial score (nSPS) is 32.7. The molecule has 0 spiro atoms. The number of nitrogens with one attached hydrogen (secondary N) is 1. The lowest BCUT2D eigenvalue weighted by molar-refractivity contribution is -0.0328. The average molecular weight is 326 g/mol. The van der Waals surface area contributed by atoms with Crippen LogP contribution in [0.1, 0.15) is 53.9 Å². The molecule has 1 saturated carbocycles.